The number of halogens is 1. The number of hydrogen-bond donors (Lipinski definition) is 1. The summed E-state index contributed by atoms with van der Waals surface area (Å²) in [5, 5.41) is 3.97. The number of anilines is 1. The highest BCUT2D eigenvalue weighted by Crippen LogP contribution is 2.37. The maximum absolute atomic E-state index is 13.4. The average molecular weight is 576 g/mol. The second-order valence-corrected chi connectivity index (χ2v) is 10.3. The van der Waals surface area contributed by atoms with E-state index in [-0.39, 0.29) is 4.90 Å². The van der Waals surface area contributed by atoms with Gasteiger partial charge in [-0.1, -0.05) is 39.7 Å². The van der Waals surface area contributed by atoms with Gasteiger partial charge in [0.2, 0.25) is 5.75 Å². The fraction of sp³-hybridized carbons (Fsp3) is 0.200. The Balaban J connectivity index is 1.84. The number of sulfonamides is 1. The van der Waals surface area contributed by atoms with Crippen LogP contribution in [0, 0.1) is 6.92 Å². The van der Waals surface area contributed by atoms with Crippen LogP contribution >= 0.6 is 15.9 Å². The van der Waals surface area contributed by atoms with E-state index in [4.69, 9.17) is 14.2 Å². The molecule has 0 fully saturated rings. The smallest absolute Gasteiger partial charge is 0.264 e. The first-order chi connectivity index (χ1) is 17.2. The minimum Gasteiger partial charge on any atom is -0.493 e. The topological polar surface area (TPSA) is 107 Å². The van der Waals surface area contributed by atoms with Crippen LogP contribution in [0.15, 0.2) is 75.1 Å². The van der Waals surface area contributed by atoms with Gasteiger partial charge >= 0.3 is 0 Å². The molecule has 3 aromatic carbocycles. The molecule has 0 atom stereocenters. The van der Waals surface area contributed by atoms with E-state index in [9.17, 15) is 13.2 Å². The van der Waals surface area contributed by atoms with Crippen LogP contribution in [0.5, 0.6) is 17.2 Å². The van der Waals surface area contributed by atoms with Gasteiger partial charge in [-0.15, -0.1) is 0 Å². The molecular weight excluding hydrogens is 550 g/mol. The number of carbonyl (C=O) groups is 1. The van der Waals surface area contributed by atoms with Crippen LogP contribution in [0.3, 0.4) is 0 Å². The molecule has 0 saturated carbocycles. The first-order valence-corrected chi connectivity index (χ1v) is 12.9. The van der Waals surface area contributed by atoms with Crippen LogP contribution in [0.2, 0.25) is 0 Å². The van der Waals surface area contributed by atoms with Crippen molar-refractivity contribution in [2.75, 3.05) is 32.2 Å². The minimum absolute atomic E-state index is 0.0711. The molecule has 36 heavy (non-hydrogen) atoms. The molecule has 1 amide bonds. The number of hydrogen-bond acceptors (Lipinski definition) is 7. The maximum atomic E-state index is 13.4. The summed E-state index contributed by atoms with van der Waals surface area (Å²) in [6, 6.07) is 16.4. The lowest BCUT2D eigenvalue weighted by Gasteiger charge is -2.24. The molecule has 0 aliphatic heterocycles. The summed E-state index contributed by atoms with van der Waals surface area (Å²) in [5.74, 6) is 0.644. The van der Waals surface area contributed by atoms with Crippen LogP contribution < -0.4 is 23.9 Å². The second kappa shape index (κ2) is 11.9. The summed E-state index contributed by atoms with van der Waals surface area (Å²) in [6.07, 6.45) is 1.39. The molecule has 11 heteroatoms. The molecule has 0 heterocycles. The zero-order chi connectivity index (χ0) is 26.3. The number of benzene rings is 3. The zero-order valence-electron chi connectivity index (χ0n) is 20.2. The number of rotatable bonds is 10. The Kier molecular flexibility index (Phi) is 8.94. The highest BCUT2D eigenvalue weighted by molar-refractivity contribution is 9.10. The third kappa shape index (κ3) is 6.35. The molecule has 1 N–H and O–H groups in total. The predicted octanol–water partition coefficient (Wildman–Crippen LogP) is 4.13. The molecule has 0 aromatic heterocycles. The third-order valence-corrected chi connectivity index (χ3v) is 7.36. The summed E-state index contributed by atoms with van der Waals surface area (Å²) < 4.78 is 44.5. The van der Waals surface area contributed by atoms with Gasteiger partial charge in [0.15, 0.2) is 11.5 Å². The Morgan fingerprint density at radius 2 is 1.64 bits per heavy atom. The van der Waals surface area contributed by atoms with Crippen molar-refractivity contribution in [3.8, 4) is 17.2 Å². The molecular formula is C25H26BrN3O6S. The van der Waals surface area contributed by atoms with E-state index < -0.39 is 22.5 Å². The lowest BCUT2D eigenvalue weighted by molar-refractivity contribution is -0.119. The molecule has 0 aliphatic carbocycles. The molecule has 0 spiro atoms. The Hall–Kier alpha value is -3.57. The Morgan fingerprint density at radius 1 is 1.00 bits per heavy atom. The number of ether oxygens (including phenoxy) is 3. The van der Waals surface area contributed by atoms with Crippen LogP contribution in [-0.4, -0.2) is 48.4 Å². The van der Waals surface area contributed by atoms with Gasteiger partial charge in [-0.25, -0.2) is 13.8 Å². The lowest BCUT2D eigenvalue weighted by atomic mass is 10.2. The van der Waals surface area contributed by atoms with E-state index in [0.29, 0.717) is 33.0 Å². The van der Waals surface area contributed by atoms with Gasteiger partial charge in [-0.05, 0) is 49.4 Å². The van der Waals surface area contributed by atoms with Crippen molar-refractivity contribution in [3.05, 3.63) is 76.3 Å². The van der Waals surface area contributed by atoms with E-state index in [1.165, 1.54) is 39.7 Å². The second-order valence-electron chi connectivity index (χ2n) is 7.56. The number of aryl methyl sites for hydroxylation is 1. The standard InChI is InChI=1S/C25H26BrN3O6S/c1-17-8-10-21(11-9-17)36(31,32)29(20-7-5-6-19(26)14-20)16-24(30)28-27-15-18-12-22(33-2)25(35-4)23(13-18)34-3/h5-15H,16H2,1-4H3,(H,28,30)/b27-15-. The van der Waals surface area contributed by atoms with Crippen LogP contribution in [-0.2, 0) is 14.8 Å². The largest absolute Gasteiger partial charge is 0.493 e. The molecule has 0 unspecified atom stereocenters. The molecule has 0 radical (unpaired) electrons. The highest BCUT2D eigenvalue weighted by Gasteiger charge is 2.27. The van der Waals surface area contributed by atoms with Gasteiger partial charge in [0.05, 0.1) is 38.1 Å². The first kappa shape index (κ1) is 27.0. The van der Waals surface area contributed by atoms with Gasteiger partial charge in [0.25, 0.3) is 15.9 Å². The summed E-state index contributed by atoms with van der Waals surface area (Å²) >= 11 is 3.36. The molecule has 9 nitrogen and oxygen atoms in total. The lowest BCUT2D eigenvalue weighted by Crippen LogP contribution is -2.39. The first-order valence-electron chi connectivity index (χ1n) is 10.7. The van der Waals surface area contributed by atoms with Crippen molar-refractivity contribution in [2.45, 2.75) is 11.8 Å². The zero-order valence-corrected chi connectivity index (χ0v) is 22.6. The van der Waals surface area contributed by atoms with Crippen molar-refractivity contribution >= 4 is 43.8 Å². The fourth-order valence-electron chi connectivity index (χ4n) is 3.30. The number of hydrazone groups is 1. The van der Waals surface area contributed by atoms with E-state index in [0.717, 1.165) is 9.87 Å². The van der Waals surface area contributed by atoms with Gasteiger partial charge in [0, 0.05) is 10.0 Å². The van der Waals surface area contributed by atoms with Crippen LogP contribution in [0.1, 0.15) is 11.1 Å². The van der Waals surface area contributed by atoms with Crippen molar-refractivity contribution in [1.82, 2.24) is 5.43 Å². The van der Waals surface area contributed by atoms with Gasteiger partial charge in [-0.3, -0.25) is 9.10 Å². The van der Waals surface area contributed by atoms with Crippen molar-refractivity contribution in [3.63, 3.8) is 0 Å². The summed E-state index contributed by atoms with van der Waals surface area (Å²) in [5.41, 5.74) is 4.20. The summed E-state index contributed by atoms with van der Waals surface area (Å²) in [6.45, 7) is 1.38. The average Bonchev–Trinajstić information content (AvgIpc) is 2.86. The Morgan fingerprint density at radius 3 is 2.19 bits per heavy atom. The minimum atomic E-state index is -4.03. The van der Waals surface area contributed by atoms with Gasteiger partial charge < -0.3 is 14.2 Å². The van der Waals surface area contributed by atoms with Crippen molar-refractivity contribution < 1.29 is 27.4 Å². The van der Waals surface area contributed by atoms with E-state index in [1.54, 1.807) is 48.5 Å². The normalized spacial score (nSPS) is 11.2. The van der Waals surface area contributed by atoms with E-state index in [1.807, 2.05) is 6.92 Å². The Bertz CT molecular complexity index is 1340. The fourth-order valence-corrected chi connectivity index (χ4v) is 5.10. The Labute approximate surface area is 218 Å². The SMILES string of the molecule is COc1cc(/C=N\NC(=O)CN(c2cccc(Br)c2)S(=O)(=O)c2ccc(C)cc2)cc(OC)c1OC. The van der Waals surface area contributed by atoms with Crippen molar-refractivity contribution in [2.24, 2.45) is 5.10 Å². The maximum Gasteiger partial charge on any atom is 0.264 e. The molecule has 0 saturated heterocycles. The van der Waals surface area contributed by atoms with E-state index >= 15 is 0 Å². The molecule has 3 rings (SSSR count). The molecule has 3 aromatic rings. The highest BCUT2D eigenvalue weighted by atomic mass is 79.9. The summed E-state index contributed by atoms with van der Waals surface area (Å²) in [4.78, 5) is 12.8. The third-order valence-electron chi connectivity index (χ3n) is 5.08. The monoisotopic (exact) mass is 575 g/mol. The van der Waals surface area contributed by atoms with Gasteiger partial charge in [-0.2, -0.15) is 5.10 Å². The molecule has 0 aliphatic rings. The number of amides is 1. The van der Waals surface area contributed by atoms with Crippen molar-refractivity contribution in [1.29, 1.82) is 0 Å². The number of nitrogens with one attached hydrogen (secondary N) is 1. The predicted molar refractivity (Wildman–Crippen MR) is 142 cm³/mol. The number of carbonyl (C=O) groups excluding carboxylic acids is 1. The quantitative estimate of drug-likeness (QED) is 0.288. The van der Waals surface area contributed by atoms with E-state index in [2.05, 4.69) is 26.5 Å². The van der Waals surface area contributed by atoms with Crippen LogP contribution in [0.25, 0.3) is 0 Å². The van der Waals surface area contributed by atoms with Gasteiger partial charge in [0.1, 0.15) is 6.54 Å². The van der Waals surface area contributed by atoms with Crippen LogP contribution in [0.4, 0.5) is 5.69 Å². The number of methoxy groups -OCH3 is 3. The summed E-state index contributed by atoms with van der Waals surface area (Å²) in [7, 11) is 0.445. The number of nitrogens with zero attached hydrogens (tertiary/aromatic N) is 2. The molecule has 190 valence electrons. The molecule has 0 bridgehead atoms.